The molecule has 1 aliphatic rings. The molecule has 4 rings (SSSR count). The van der Waals surface area contributed by atoms with Crippen molar-refractivity contribution in [3.05, 3.63) is 70.3 Å². The summed E-state index contributed by atoms with van der Waals surface area (Å²) in [5.41, 5.74) is 1.37. The molecule has 7 heteroatoms. The SMILES string of the molecule is CSc1ccccc1C(=O)N1CCN(Cc2nc3ccccc3c(=O)[nH]2)CC1. The van der Waals surface area contributed by atoms with E-state index in [1.54, 1.807) is 17.8 Å². The highest BCUT2D eigenvalue weighted by molar-refractivity contribution is 7.98. The molecule has 2 heterocycles. The minimum absolute atomic E-state index is 0.0850. The van der Waals surface area contributed by atoms with Crippen LogP contribution in [0.5, 0.6) is 0 Å². The van der Waals surface area contributed by atoms with Gasteiger partial charge in [-0.3, -0.25) is 14.5 Å². The molecule has 0 unspecified atom stereocenters. The molecule has 0 radical (unpaired) electrons. The molecular weight excluding hydrogens is 372 g/mol. The molecule has 0 spiro atoms. The molecule has 3 aromatic rings. The summed E-state index contributed by atoms with van der Waals surface area (Å²) in [6.45, 7) is 3.41. The molecule has 1 fully saturated rings. The van der Waals surface area contributed by atoms with Gasteiger partial charge in [-0.2, -0.15) is 0 Å². The number of fused-ring (bicyclic) bond motifs is 1. The van der Waals surface area contributed by atoms with E-state index in [4.69, 9.17) is 0 Å². The number of carbonyl (C=O) groups is 1. The van der Waals surface area contributed by atoms with Gasteiger partial charge in [0.25, 0.3) is 11.5 Å². The van der Waals surface area contributed by atoms with Crippen molar-refractivity contribution in [2.24, 2.45) is 0 Å². The molecule has 1 aromatic heterocycles. The van der Waals surface area contributed by atoms with Crippen molar-refractivity contribution >= 4 is 28.6 Å². The zero-order valence-corrected chi connectivity index (χ0v) is 16.5. The van der Waals surface area contributed by atoms with Gasteiger partial charge in [-0.1, -0.05) is 24.3 Å². The average Bonchev–Trinajstić information content (AvgIpc) is 2.74. The molecule has 0 aliphatic carbocycles. The van der Waals surface area contributed by atoms with Crippen LogP contribution >= 0.6 is 11.8 Å². The van der Waals surface area contributed by atoms with Gasteiger partial charge in [0.2, 0.25) is 0 Å². The number of rotatable bonds is 4. The van der Waals surface area contributed by atoms with Gasteiger partial charge >= 0.3 is 0 Å². The fourth-order valence-electron chi connectivity index (χ4n) is 3.52. The summed E-state index contributed by atoms with van der Waals surface area (Å²) in [7, 11) is 0. The summed E-state index contributed by atoms with van der Waals surface area (Å²) >= 11 is 1.59. The van der Waals surface area contributed by atoms with Gasteiger partial charge in [0.15, 0.2) is 0 Å². The Morgan fingerprint density at radius 3 is 2.57 bits per heavy atom. The lowest BCUT2D eigenvalue weighted by Gasteiger charge is -2.34. The molecule has 6 nitrogen and oxygen atoms in total. The number of hydrogen-bond donors (Lipinski definition) is 1. The van der Waals surface area contributed by atoms with Gasteiger partial charge in [0.05, 0.1) is 23.0 Å². The number of nitrogens with one attached hydrogen (secondary N) is 1. The summed E-state index contributed by atoms with van der Waals surface area (Å²) < 4.78 is 0. The number of thioether (sulfide) groups is 1. The van der Waals surface area contributed by atoms with E-state index in [2.05, 4.69) is 14.9 Å². The normalized spacial score (nSPS) is 15.1. The van der Waals surface area contributed by atoms with E-state index < -0.39 is 0 Å². The maximum Gasteiger partial charge on any atom is 0.258 e. The van der Waals surface area contributed by atoms with Crippen LogP contribution in [0.2, 0.25) is 0 Å². The van der Waals surface area contributed by atoms with Crippen LogP contribution in [0.4, 0.5) is 0 Å². The number of piperazine rings is 1. The Morgan fingerprint density at radius 1 is 1.07 bits per heavy atom. The molecule has 1 amide bonds. The van der Waals surface area contributed by atoms with Crippen molar-refractivity contribution in [2.75, 3.05) is 32.4 Å². The summed E-state index contributed by atoms with van der Waals surface area (Å²) in [6.07, 6.45) is 1.99. The van der Waals surface area contributed by atoms with Crippen LogP contribution < -0.4 is 5.56 Å². The third-order valence-electron chi connectivity index (χ3n) is 5.03. The molecule has 144 valence electrons. The van der Waals surface area contributed by atoms with Gasteiger partial charge in [0, 0.05) is 31.1 Å². The second-order valence-electron chi connectivity index (χ2n) is 6.80. The van der Waals surface area contributed by atoms with Gasteiger partial charge in [-0.15, -0.1) is 11.8 Å². The first-order valence-corrected chi connectivity index (χ1v) is 10.5. The predicted molar refractivity (Wildman–Crippen MR) is 112 cm³/mol. The Hall–Kier alpha value is -2.64. The minimum Gasteiger partial charge on any atom is -0.336 e. The topological polar surface area (TPSA) is 69.3 Å². The molecule has 1 saturated heterocycles. The van der Waals surface area contributed by atoms with Crippen LogP contribution in [0.1, 0.15) is 16.2 Å². The van der Waals surface area contributed by atoms with E-state index in [-0.39, 0.29) is 11.5 Å². The number of H-pyrrole nitrogens is 1. The number of nitrogens with zero attached hydrogens (tertiary/aromatic N) is 3. The third kappa shape index (κ3) is 3.81. The highest BCUT2D eigenvalue weighted by atomic mass is 32.2. The van der Waals surface area contributed by atoms with Crippen molar-refractivity contribution in [3.8, 4) is 0 Å². The van der Waals surface area contributed by atoms with Crippen molar-refractivity contribution in [1.29, 1.82) is 0 Å². The standard InChI is InChI=1S/C21H22N4O2S/c1-28-18-9-5-3-7-16(18)21(27)25-12-10-24(11-13-25)14-19-22-17-8-4-2-6-15(17)20(26)23-19/h2-9H,10-14H2,1H3,(H,22,23,26). The highest BCUT2D eigenvalue weighted by Crippen LogP contribution is 2.22. The zero-order chi connectivity index (χ0) is 19.5. The largest absolute Gasteiger partial charge is 0.336 e. The van der Waals surface area contributed by atoms with E-state index in [9.17, 15) is 9.59 Å². The van der Waals surface area contributed by atoms with Gasteiger partial charge < -0.3 is 9.88 Å². The van der Waals surface area contributed by atoms with Crippen LogP contribution in [0.3, 0.4) is 0 Å². The van der Waals surface area contributed by atoms with Crippen molar-refractivity contribution in [1.82, 2.24) is 19.8 Å². The lowest BCUT2D eigenvalue weighted by atomic mass is 10.2. The smallest absolute Gasteiger partial charge is 0.258 e. The zero-order valence-electron chi connectivity index (χ0n) is 15.7. The molecule has 0 saturated carbocycles. The third-order valence-corrected chi connectivity index (χ3v) is 5.83. The van der Waals surface area contributed by atoms with Gasteiger partial charge in [-0.25, -0.2) is 4.98 Å². The fourth-order valence-corrected chi connectivity index (χ4v) is 4.11. The second kappa shape index (κ2) is 8.16. The number of aromatic nitrogens is 2. The first-order chi connectivity index (χ1) is 13.7. The van der Waals surface area contributed by atoms with Crippen molar-refractivity contribution in [3.63, 3.8) is 0 Å². The van der Waals surface area contributed by atoms with Gasteiger partial charge in [-0.05, 0) is 30.5 Å². The highest BCUT2D eigenvalue weighted by Gasteiger charge is 2.24. The molecule has 0 atom stereocenters. The first kappa shape index (κ1) is 18.7. The van der Waals surface area contributed by atoms with Crippen molar-refractivity contribution in [2.45, 2.75) is 11.4 Å². The van der Waals surface area contributed by atoms with Crippen LogP contribution in [0.25, 0.3) is 10.9 Å². The predicted octanol–water partition coefficient (Wildman–Crippen LogP) is 2.60. The van der Waals surface area contributed by atoms with E-state index in [0.717, 1.165) is 23.5 Å². The number of hydrogen-bond acceptors (Lipinski definition) is 5. The Bertz CT molecular complexity index is 1060. The van der Waals surface area contributed by atoms with Crippen LogP contribution in [0.15, 0.2) is 58.2 Å². The Morgan fingerprint density at radius 2 is 1.79 bits per heavy atom. The Balaban J connectivity index is 1.42. The quantitative estimate of drug-likeness (QED) is 0.689. The lowest BCUT2D eigenvalue weighted by Crippen LogP contribution is -2.48. The van der Waals surface area contributed by atoms with E-state index in [1.165, 1.54) is 0 Å². The number of para-hydroxylation sites is 1. The number of benzene rings is 2. The second-order valence-corrected chi connectivity index (χ2v) is 7.65. The van der Waals surface area contributed by atoms with Crippen LogP contribution in [0, 0.1) is 0 Å². The molecule has 1 aliphatic heterocycles. The maximum absolute atomic E-state index is 12.9. The van der Waals surface area contributed by atoms with E-state index >= 15 is 0 Å². The molecule has 28 heavy (non-hydrogen) atoms. The van der Waals surface area contributed by atoms with Crippen LogP contribution in [-0.2, 0) is 6.54 Å². The fraction of sp³-hybridized carbons (Fsp3) is 0.286. The summed E-state index contributed by atoms with van der Waals surface area (Å²) in [4.78, 5) is 37.7. The number of amides is 1. The monoisotopic (exact) mass is 394 g/mol. The number of carbonyl (C=O) groups excluding carboxylic acids is 1. The molecule has 1 N–H and O–H groups in total. The van der Waals surface area contributed by atoms with E-state index in [0.29, 0.717) is 36.4 Å². The summed E-state index contributed by atoms with van der Waals surface area (Å²) in [5, 5.41) is 0.606. The van der Waals surface area contributed by atoms with Crippen LogP contribution in [-0.4, -0.2) is 58.1 Å². The van der Waals surface area contributed by atoms with E-state index in [1.807, 2.05) is 53.6 Å². The molecule has 2 aromatic carbocycles. The summed E-state index contributed by atoms with van der Waals surface area (Å²) in [6, 6.07) is 15.1. The molecule has 0 bridgehead atoms. The Kier molecular flexibility index (Phi) is 5.45. The first-order valence-electron chi connectivity index (χ1n) is 9.28. The molecular formula is C21H22N4O2S. The minimum atomic E-state index is -0.108. The maximum atomic E-state index is 12.9. The average molecular weight is 395 g/mol. The lowest BCUT2D eigenvalue weighted by molar-refractivity contribution is 0.0622. The Labute approximate surface area is 167 Å². The van der Waals surface area contributed by atoms with Gasteiger partial charge in [0.1, 0.15) is 5.82 Å². The number of aromatic amines is 1. The summed E-state index contributed by atoms with van der Waals surface area (Å²) in [5.74, 6) is 0.748. The van der Waals surface area contributed by atoms with Crippen molar-refractivity contribution < 1.29 is 4.79 Å².